The Labute approximate surface area is 70.2 Å². The minimum absolute atomic E-state index is 0.0387. The highest BCUT2D eigenvalue weighted by atomic mass is 16.5. The van der Waals surface area contributed by atoms with Crippen LogP contribution in [0.5, 0.6) is 5.88 Å². The number of aromatic nitrogens is 2. The summed E-state index contributed by atoms with van der Waals surface area (Å²) in [7, 11) is 0. The maximum Gasteiger partial charge on any atom is 0.223 e. The highest BCUT2D eigenvalue weighted by Gasteiger charge is 1.98. The molecule has 0 aliphatic heterocycles. The lowest BCUT2D eigenvalue weighted by molar-refractivity contribution is 0.196. The van der Waals surface area contributed by atoms with Gasteiger partial charge < -0.3 is 15.6 Å². The summed E-state index contributed by atoms with van der Waals surface area (Å²) < 4.78 is 5.04. The van der Waals surface area contributed by atoms with Crippen LogP contribution in [0.4, 0.5) is 5.95 Å². The molecule has 0 aliphatic rings. The van der Waals surface area contributed by atoms with Gasteiger partial charge in [0.05, 0.1) is 6.61 Å². The third-order valence-corrected chi connectivity index (χ3v) is 1.19. The summed E-state index contributed by atoms with van der Waals surface area (Å²) >= 11 is 0. The molecule has 0 radical (unpaired) electrons. The fourth-order valence-corrected chi connectivity index (χ4v) is 0.786. The smallest absolute Gasteiger partial charge is 0.223 e. The maximum atomic E-state index is 8.47. The minimum Gasteiger partial charge on any atom is -0.475 e. The Hall–Kier alpha value is -1.36. The van der Waals surface area contributed by atoms with Crippen molar-refractivity contribution in [3.63, 3.8) is 0 Å². The summed E-state index contributed by atoms with van der Waals surface area (Å²) in [5, 5.41) is 8.47. The van der Waals surface area contributed by atoms with Crippen LogP contribution in [0.3, 0.4) is 0 Å². The average molecular weight is 169 g/mol. The second-order valence-electron chi connectivity index (χ2n) is 2.28. The zero-order valence-electron chi connectivity index (χ0n) is 6.82. The molecule has 1 aromatic rings. The van der Waals surface area contributed by atoms with E-state index >= 15 is 0 Å². The number of ether oxygens (including phenoxy) is 1. The van der Waals surface area contributed by atoms with E-state index in [0.717, 1.165) is 5.69 Å². The predicted octanol–water partition coefficient (Wildman–Crippen LogP) is -0.262. The van der Waals surface area contributed by atoms with E-state index in [0.29, 0.717) is 5.88 Å². The number of hydrogen-bond acceptors (Lipinski definition) is 5. The molecule has 66 valence electrons. The molecule has 5 nitrogen and oxygen atoms in total. The Bertz CT molecular complexity index is 245. The Morgan fingerprint density at radius 2 is 2.33 bits per heavy atom. The van der Waals surface area contributed by atoms with E-state index in [9.17, 15) is 0 Å². The Kier molecular flexibility index (Phi) is 2.82. The summed E-state index contributed by atoms with van der Waals surface area (Å²) in [6.07, 6.45) is 0. The van der Waals surface area contributed by atoms with Crippen LogP contribution in [-0.4, -0.2) is 28.3 Å². The standard InChI is InChI=1S/C7H11N3O2/c1-5-4-6(12-3-2-11)10-7(8)9-5/h4,11H,2-3H2,1H3,(H2,8,9,10). The molecule has 0 saturated heterocycles. The molecule has 5 heteroatoms. The van der Waals surface area contributed by atoms with Gasteiger partial charge in [-0.25, -0.2) is 4.98 Å². The first-order valence-electron chi connectivity index (χ1n) is 3.57. The average Bonchev–Trinajstić information content (AvgIpc) is 1.99. The molecule has 0 saturated carbocycles. The molecule has 0 unspecified atom stereocenters. The molecule has 0 bridgehead atoms. The zero-order valence-corrected chi connectivity index (χ0v) is 6.82. The normalized spacial score (nSPS) is 9.83. The van der Waals surface area contributed by atoms with Gasteiger partial charge in [-0.2, -0.15) is 4.98 Å². The zero-order chi connectivity index (χ0) is 8.97. The summed E-state index contributed by atoms with van der Waals surface area (Å²) in [5.41, 5.74) is 6.11. The lowest BCUT2D eigenvalue weighted by Crippen LogP contribution is -2.05. The van der Waals surface area contributed by atoms with Crippen molar-refractivity contribution in [2.75, 3.05) is 18.9 Å². The van der Waals surface area contributed by atoms with Crippen molar-refractivity contribution in [1.82, 2.24) is 9.97 Å². The molecule has 0 spiro atoms. The van der Waals surface area contributed by atoms with Gasteiger partial charge in [0.2, 0.25) is 11.8 Å². The van der Waals surface area contributed by atoms with Crippen LogP contribution >= 0.6 is 0 Å². The van der Waals surface area contributed by atoms with Crippen LogP contribution in [0, 0.1) is 6.92 Å². The predicted molar refractivity (Wildman–Crippen MR) is 43.8 cm³/mol. The van der Waals surface area contributed by atoms with Crippen molar-refractivity contribution in [2.24, 2.45) is 0 Å². The van der Waals surface area contributed by atoms with Crippen molar-refractivity contribution in [2.45, 2.75) is 6.92 Å². The molecule has 0 aromatic carbocycles. The fraction of sp³-hybridized carbons (Fsp3) is 0.429. The van der Waals surface area contributed by atoms with Crippen molar-refractivity contribution in [3.8, 4) is 5.88 Å². The van der Waals surface area contributed by atoms with Crippen molar-refractivity contribution in [1.29, 1.82) is 0 Å². The molecule has 12 heavy (non-hydrogen) atoms. The Morgan fingerprint density at radius 3 is 2.92 bits per heavy atom. The second-order valence-corrected chi connectivity index (χ2v) is 2.28. The van der Waals surface area contributed by atoms with Crippen molar-refractivity contribution >= 4 is 5.95 Å². The number of anilines is 1. The van der Waals surface area contributed by atoms with E-state index in [-0.39, 0.29) is 19.2 Å². The van der Waals surface area contributed by atoms with E-state index in [1.165, 1.54) is 0 Å². The van der Waals surface area contributed by atoms with Gasteiger partial charge in [-0.3, -0.25) is 0 Å². The molecule has 0 fully saturated rings. The third-order valence-electron chi connectivity index (χ3n) is 1.19. The molecule has 1 heterocycles. The van der Waals surface area contributed by atoms with E-state index in [1.807, 2.05) is 0 Å². The quantitative estimate of drug-likeness (QED) is 0.651. The molecular formula is C7H11N3O2. The van der Waals surface area contributed by atoms with Crippen LogP contribution < -0.4 is 10.5 Å². The summed E-state index contributed by atoms with van der Waals surface area (Å²) in [4.78, 5) is 7.67. The van der Waals surface area contributed by atoms with E-state index < -0.39 is 0 Å². The summed E-state index contributed by atoms with van der Waals surface area (Å²) in [6, 6.07) is 1.66. The first kappa shape index (κ1) is 8.73. The van der Waals surface area contributed by atoms with Crippen LogP contribution in [0.25, 0.3) is 0 Å². The number of aliphatic hydroxyl groups is 1. The van der Waals surface area contributed by atoms with Gasteiger partial charge >= 0.3 is 0 Å². The summed E-state index contributed by atoms with van der Waals surface area (Å²) in [6.45, 7) is 1.97. The minimum atomic E-state index is -0.0387. The molecule has 0 aliphatic carbocycles. The SMILES string of the molecule is Cc1cc(OCCO)nc(N)n1. The number of aryl methyl sites for hydroxylation is 1. The monoisotopic (exact) mass is 169 g/mol. The number of nitrogens with zero attached hydrogens (tertiary/aromatic N) is 2. The third kappa shape index (κ3) is 2.35. The Balaban J connectivity index is 2.72. The van der Waals surface area contributed by atoms with Crippen LogP contribution in [0.2, 0.25) is 0 Å². The first-order chi connectivity index (χ1) is 5.72. The van der Waals surface area contributed by atoms with E-state index in [2.05, 4.69) is 9.97 Å². The van der Waals surface area contributed by atoms with Gasteiger partial charge in [0, 0.05) is 11.8 Å². The van der Waals surface area contributed by atoms with Crippen LogP contribution in [0.15, 0.2) is 6.07 Å². The van der Waals surface area contributed by atoms with Crippen LogP contribution in [0.1, 0.15) is 5.69 Å². The van der Waals surface area contributed by atoms with E-state index in [4.69, 9.17) is 15.6 Å². The van der Waals surface area contributed by atoms with E-state index in [1.54, 1.807) is 13.0 Å². The van der Waals surface area contributed by atoms with Crippen molar-refractivity contribution in [3.05, 3.63) is 11.8 Å². The van der Waals surface area contributed by atoms with Crippen molar-refractivity contribution < 1.29 is 9.84 Å². The molecule has 0 atom stereocenters. The largest absolute Gasteiger partial charge is 0.475 e. The molecule has 1 rings (SSSR count). The molecular weight excluding hydrogens is 158 g/mol. The second kappa shape index (κ2) is 3.87. The molecule has 3 N–H and O–H groups in total. The van der Waals surface area contributed by atoms with Gasteiger partial charge in [0.1, 0.15) is 6.61 Å². The summed E-state index contributed by atoms with van der Waals surface area (Å²) in [5.74, 6) is 0.581. The molecule has 0 amide bonds. The van der Waals surface area contributed by atoms with Gasteiger partial charge in [0.15, 0.2) is 0 Å². The number of nitrogens with two attached hydrogens (primary N) is 1. The topological polar surface area (TPSA) is 81.3 Å². The number of nitrogen functional groups attached to an aromatic ring is 1. The first-order valence-corrected chi connectivity index (χ1v) is 3.57. The maximum absolute atomic E-state index is 8.47. The van der Waals surface area contributed by atoms with Gasteiger partial charge in [-0.15, -0.1) is 0 Å². The molecule has 1 aromatic heterocycles. The highest BCUT2D eigenvalue weighted by Crippen LogP contribution is 2.08. The van der Waals surface area contributed by atoms with Gasteiger partial charge in [0.25, 0.3) is 0 Å². The Morgan fingerprint density at radius 1 is 1.58 bits per heavy atom. The lowest BCUT2D eigenvalue weighted by Gasteiger charge is -2.03. The number of aliphatic hydroxyl groups excluding tert-OH is 1. The van der Waals surface area contributed by atoms with Gasteiger partial charge in [-0.1, -0.05) is 0 Å². The lowest BCUT2D eigenvalue weighted by atomic mass is 10.4. The number of rotatable bonds is 3. The van der Waals surface area contributed by atoms with Crippen LogP contribution in [-0.2, 0) is 0 Å². The fourth-order valence-electron chi connectivity index (χ4n) is 0.786. The highest BCUT2D eigenvalue weighted by molar-refractivity contribution is 5.25. The number of hydrogen-bond donors (Lipinski definition) is 2. The van der Waals surface area contributed by atoms with Gasteiger partial charge in [-0.05, 0) is 6.92 Å².